The third-order valence-electron chi connectivity index (χ3n) is 4.15. The van der Waals surface area contributed by atoms with Crippen molar-refractivity contribution in [3.8, 4) is 0 Å². The summed E-state index contributed by atoms with van der Waals surface area (Å²) in [4.78, 5) is 2.22. The van der Waals surface area contributed by atoms with Crippen LogP contribution in [-0.4, -0.2) is 47.4 Å². The van der Waals surface area contributed by atoms with Gasteiger partial charge in [-0.15, -0.1) is 0 Å². The van der Waals surface area contributed by atoms with Gasteiger partial charge >= 0.3 is 0 Å². The molecule has 2 atom stereocenters. The van der Waals surface area contributed by atoms with E-state index in [2.05, 4.69) is 50.1 Å². The van der Waals surface area contributed by atoms with Crippen molar-refractivity contribution in [2.45, 2.75) is 52.8 Å². The molecule has 104 valence electrons. The Morgan fingerprint density at radius 1 is 1.39 bits per heavy atom. The van der Waals surface area contributed by atoms with E-state index in [1.54, 1.807) is 0 Å². The van der Waals surface area contributed by atoms with E-state index >= 15 is 0 Å². The fraction of sp³-hybridized carbons (Fsp3) is 0.857. The highest BCUT2D eigenvalue weighted by atomic mass is 16.3. The number of aliphatic hydroxyl groups is 1. The van der Waals surface area contributed by atoms with Crippen molar-refractivity contribution in [3.63, 3.8) is 0 Å². The maximum absolute atomic E-state index is 10.5. The van der Waals surface area contributed by atoms with Crippen LogP contribution in [0.5, 0.6) is 0 Å². The van der Waals surface area contributed by atoms with E-state index in [0.717, 1.165) is 25.9 Å². The summed E-state index contributed by atoms with van der Waals surface area (Å²) < 4.78 is 0. The molecule has 0 bridgehead atoms. The lowest BCUT2D eigenvalue weighted by Gasteiger charge is -2.36. The number of rotatable bonds is 1. The van der Waals surface area contributed by atoms with Crippen molar-refractivity contribution in [1.29, 1.82) is 0 Å². The highest BCUT2D eigenvalue weighted by Crippen LogP contribution is 2.30. The molecule has 2 unspecified atom stereocenters. The predicted octanol–water partition coefficient (Wildman–Crippen LogP) is 1.54. The Bertz CT molecular complexity index is 345. The van der Waals surface area contributed by atoms with Gasteiger partial charge in [-0.05, 0) is 25.3 Å². The SMILES string of the molecule is CC1C2=C(CCCN(C(O)C(C)(C)C)C2)NN1C. The fourth-order valence-electron chi connectivity index (χ4n) is 2.82. The van der Waals surface area contributed by atoms with Gasteiger partial charge in [0.05, 0.1) is 6.04 Å². The van der Waals surface area contributed by atoms with E-state index in [9.17, 15) is 5.11 Å². The molecule has 2 heterocycles. The average molecular weight is 253 g/mol. The first-order valence-corrected chi connectivity index (χ1v) is 6.94. The van der Waals surface area contributed by atoms with E-state index in [1.807, 2.05) is 0 Å². The first kappa shape index (κ1) is 13.8. The van der Waals surface area contributed by atoms with Crippen LogP contribution in [0.2, 0.25) is 0 Å². The third kappa shape index (κ3) is 2.56. The van der Waals surface area contributed by atoms with Crippen LogP contribution in [-0.2, 0) is 0 Å². The first-order chi connectivity index (χ1) is 8.30. The van der Waals surface area contributed by atoms with Gasteiger partial charge in [0.25, 0.3) is 0 Å². The molecule has 2 aliphatic heterocycles. The second-order valence-corrected chi connectivity index (χ2v) is 6.72. The predicted molar refractivity (Wildman–Crippen MR) is 73.7 cm³/mol. The second kappa shape index (κ2) is 4.83. The molecule has 0 saturated carbocycles. The van der Waals surface area contributed by atoms with Gasteiger partial charge < -0.3 is 10.5 Å². The highest BCUT2D eigenvalue weighted by molar-refractivity contribution is 5.25. The summed E-state index contributed by atoms with van der Waals surface area (Å²) in [6.45, 7) is 10.4. The maximum atomic E-state index is 10.5. The summed E-state index contributed by atoms with van der Waals surface area (Å²) in [6, 6.07) is 0.424. The van der Waals surface area contributed by atoms with Crippen LogP contribution in [0.4, 0.5) is 0 Å². The number of allylic oxidation sites excluding steroid dienone is 1. The zero-order valence-corrected chi connectivity index (χ0v) is 12.3. The minimum absolute atomic E-state index is 0.0910. The van der Waals surface area contributed by atoms with Crippen molar-refractivity contribution >= 4 is 0 Å². The molecule has 18 heavy (non-hydrogen) atoms. The van der Waals surface area contributed by atoms with Crippen LogP contribution in [0.3, 0.4) is 0 Å². The van der Waals surface area contributed by atoms with Gasteiger partial charge in [-0.2, -0.15) is 0 Å². The molecule has 2 aliphatic rings. The van der Waals surface area contributed by atoms with Crippen molar-refractivity contribution in [2.24, 2.45) is 5.41 Å². The molecule has 0 radical (unpaired) electrons. The Balaban J connectivity index is 2.14. The average Bonchev–Trinajstić information content (AvgIpc) is 2.48. The van der Waals surface area contributed by atoms with Gasteiger partial charge in [0.1, 0.15) is 6.23 Å². The summed E-state index contributed by atoms with van der Waals surface area (Å²) in [7, 11) is 2.09. The Labute approximate surface area is 111 Å². The van der Waals surface area contributed by atoms with E-state index in [-0.39, 0.29) is 11.6 Å². The van der Waals surface area contributed by atoms with Crippen molar-refractivity contribution in [2.75, 3.05) is 20.1 Å². The molecule has 0 aromatic carbocycles. The zero-order valence-electron chi connectivity index (χ0n) is 12.3. The van der Waals surface area contributed by atoms with Gasteiger partial charge in [-0.25, -0.2) is 5.01 Å². The van der Waals surface area contributed by atoms with Crippen LogP contribution in [0.1, 0.15) is 40.5 Å². The van der Waals surface area contributed by atoms with Gasteiger partial charge in [0.15, 0.2) is 0 Å². The van der Waals surface area contributed by atoms with E-state index in [4.69, 9.17) is 0 Å². The van der Waals surface area contributed by atoms with E-state index in [1.165, 1.54) is 11.3 Å². The molecule has 0 saturated heterocycles. The lowest BCUT2D eigenvalue weighted by Crippen LogP contribution is -2.46. The number of aliphatic hydroxyl groups excluding tert-OH is 1. The van der Waals surface area contributed by atoms with E-state index < -0.39 is 0 Å². The molecule has 0 aromatic rings. The van der Waals surface area contributed by atoms with Crippen molar-refractivity contribution < 1.29 is 5.11 Å². The maximum Gasteiger partial charge on any atom is 0.112 e. The topological polar surface area (TPSA) is 38.7 Å². The fourth-order valence-corrected chi connectivity index (χ4v) is 2.82. The molecule has 2 N–H and O–H groups in total. The summed E-state index contributed by atoms with van der Waals surface area (Å²) in [5.41, 5.74) is 6.17. The van der Waals surface area contributed by atoms with Gasteiger partial charge in [-0.3, -0.25) is 4.90 Å². The molecular formula is C14H27N3O. The number of hydrogen-bond acceptors (Lipinski definition) is 4. The lowest BCUT2D eigenvalue weighted by atomic mass is 9.93. The number of likely N-dealkylation sites (N-methyl/N-ethyl adjacent to an activating group) is 1. The van der Waals surface area contributed by atoms with Crippen LogP contribution in [0.15, 0.2) is 11.3 Å². The van der Waals surface area contributed by atoms with Crippen LogP contribution >= 0.6 is 0 Å². The Kier molecular flexibility index (Phi) is 3.72. The summed E-state index contributed by atoms with van der Waals surface area (Å²) in [6.07, 6.45) is 1.83. The van der Waals surface area contributed by atoms with Crippen LogP contribution in [0.25, 0.3) is 0 Å². The van der Waals surface area contributed by atoms with Crippen LogP contribution < -0.4 is 5.43 Å². The molecule has 4 heteroatoms. The molecule has 0 aromatic heterocycles. The minimum atomic E-state index is -0.373. The van der Waals surface area contributed by atoms with Gasteiger partial charge in [0, 0.05) is 31.2 Å². The van der Waals surface area contributed by atoms with Crippen molar-refractivity contribution in [3.05, 3.63) is 11.3 Å². The Morgan fingerprint density at radius 2 is 2.06 bits per heavy atom. The monoisotopic (exact) mass is 253 g/mol. The number of hydrazine groups is 1. The summed E-state index contributed by atoms with van der Waals surface area (Å²) in [5.74, 6) is 0. The molecule has 4 nitrogen and oxygen atoms in total. The van der Waals surface area contributed by atoms with E-state index in [0.29, 0.717) is 6.04 Å². The van der Waals surface area contributed by atoms with Crippen molar-refractivity contribution in [1.82, 2.24) is 15.3 Å². The Morgan fingerprint density at radius 3 is 2.67 bits per heavy atom. The zero-order chi connectivity index (χ0) is 13.5. The molecule has 2 rings (SSSR count). The molecule has 0 aliphatic carbocycles. The molecule has 0 fully saturated rings. The normalized spacial score (nSPS) is 28.9. The number of nitrogens with one attached hydrogen (secondary N) is 1. The first-order valence-electron chi connectivity index (χ1n) is 6.94. The summed E-state index contributed by atoms with van der Waals surface area (Å²) >= 11 is 0. The number of nitrogens with zero attached hydrogens (tertiary/aromatic N) is 2. The Hall–Kier alpha value is -0.580. The lowest BCUT2D eigenvalue weighted by molar-refractivity contribution is -0.0664. The van der Waals surface area contributed by atoms with Crippen LogP contribution in [0, 0.1) is 5.41 Å². The minimum Gasteiger partial charge on any atom is -0.378 e. The standard InChI is InChI=1S/C14H27N3O/c1-10-11-9-17(13(18)14(2,3)4)8-6-7-12(11)15-16(10)5/h10,13,15,18H,6-9H2,1-5H3. The largest absolute Gasteiger partial charge is 0.378 e. The second-order valence-electron chi connectivity index (χ2n) is 6.72. The highest BCUT2D eigenvalue weighted by Gasteiger charge is 2.34. The molecule has 0 spiro atoms. The molecular weight excluding hydrogens is 226 g/mol. The summed E-state index contributed by atoms with van der Waals surface area (Å²) in [5, 5.41) is 12.6. The molecule has 0 amide bonds. The van der Waals surface area contributed by atoms with Gasteiger partial charge in [-0.1, -0.05) is 20.8 Å². The van der Waals surface area contributed by atoms with Gasteiger partial charge in [0.2, 0.25) is 0 Å². The number of hydrogen-bond donors (Lipinski definition) is 2. The quantitative estimate of drug-likeness (QED) is 0.743. The third-order valence-corrected chi connectivity index (χ3v) is 4.15. The smallest absolute Gasteiger partial charge is 0.112 e.